The third-order valence-corrected chi connectivity index (χ3v) is 3.86. The molecule has 0 spiro atoms. The van der Waals surface area contributed by atoms with E-state index in [1.807, 2.05) is 60.8 Å². The minimum Gasteiger partial charge on any atom is -0.494 e. The first-order valence-electron chi connectivity index (χ1n) is 7.06. The number of ether oxygens (including phenoxy) is 1. The van der Waals surface area contributed by atoms with Crippen molar-refractivity contribution in [2.45, 2.75) is 6.92 Å². The van der Waals surface area contributed by atoms with Crippen LogP contribution in [0.1, 0.15) is 6.92 Å². The normalized spacial score (nSPS) is 10.4. The molecular weight excluding hydrogens is 294 g/mol. The summed E-state index contributed by atoms with van der Waals surface area (Å²) in [7, 11) is 0. The van der Waals surface area contributed by atoms with Crippen molar-refractivity contribution in [1.29, 1.82) is 0 Å². The Hall–Kier alpha value is -2.53. The van der Waals surface area contributed by atoms with Gasteiger partial charge in [0.2, 0.25) is 0 Å². The van der Waals surface area contributed by atoms with Crippen LogP contribution < -0.4 is 15.8 Å². The molecule has 2 aromatic carbocycles. The second-order valence-electron chi connectivity index (χ2n) is 4.75. The predicted molar refractivity (Wildman–Crippen MR) is 92.9 cm³/mol. The van der Waals surface area contributed by atoms with Crippen molar-refractivity contribution >= 4 is 27.8 Å². The highest BCUT2D eigenvalue weighted by Crippen LogP contribution is 2.28. The Balaban J connectivity index is 1.74. The van der Waals surface area contributed by atoms with Gasteiger partial charge in [-0.2, -0.15) is 0 Å². The van der Waals surface area contributed by atoms with Crippen molar-refractivity contribution in [3.8, 4) is 17.0 Å². The van der Waals surface area contributed by atoms with Gasteiger partial charge in [0.1, 0.15) is 5.75 Å². The summed E-state index contributed by atoms with van der Waals surface area (Å²) in [6, 6.07) is 15.6. The molecule has 0 atom stereocenters. The Morgan fingerprint density at radius 2 is 2.00 bits per heavy atom. The molecule has 4 nitrogen and oxygen atoms in total. The highest BCUT2D eigenvalue weighted by molar-refractivity contribution is 7.14. The molecule has 1 aromatic heterocycles. The van der Waals surface area contributed by atoms with Crippen molar-refractivity contribution in [3.63, 3.8) is 0 Å². The molecule has 0 saturated carbocycles. The number of nitrogens with two attached hydrogens (primary N) is 1. The fraction of sp³-hybridized carbons (Fsp3) is 0.118. The van der Waals surface area contributed by atoms with Gasteiger partial charge in [0.05, 0.1) is 12.3 Å². The van der Waals surface area contributed by atoms with Gasteiger partial charge in [0.25, 0.3) is 0 Å². The standard InChI is InChI=1S/C17H17N3OS/c1-2-21-15-8-6-14(7-9-15)19-17-20-16(11-22-17)12-4-3-5-13(18)10-12/h3-11H,2,18H2,1H3,(H,19,20). The molecule has 22 heavy (non-hydrogen) atoms. The number of nitrogen functional groups attached to an aromatic ring is 1. The summed E-state index contributed by atoms with van der Waals surface area (Å²) in [6.07, 6.45) is 0. The third kappa shape index (κ3) is 3.38. The largest absolute Gasteiger partial charge is 0.494 e. The molecule has 0 bridgehead atoms. The van der Waals surface area contributed by atoms with Crippen LogP contribution in [0, 0.1) is 0 Å². The molecule has 0 aliphatic carbocycles. The Kier molecular flexibility index (Phi) is 4.25. The van der Waals surface area contributed by atoms with E-state index < -0.39 is 0 Å². The Bertz CT molecular complexity index is 753. The quantitative estimate of drug-likeness (QED) is 0.679. The van der Waals surface area contributed by atoms with Crippen LogP contribution >= 0.6 is 11.3 Å². The number of anilines is 3. The van der Waals surface area contributed by atoms with Crippen LogP contribution in [0.5, 0.6) is 5.75 Å². The van der Waals surface area contributed by atoms with E-state index in [9.17, 15) is 0 Å². The summed E-state index contributed by atoms with van der Waals surface area (Å²) in [6.45, 7) is 2.64. The molecular formula is C17H17N3OS. The fourth-order valence-electron chi connectivity index (χ4n) is 2.09. The van der Waals surface area contributed by atoms with E-state index in [0.29, 0.717) is 6.61 Å². The maximum Gasteiger partial charge on any atom is 0.187 e. The number of benzene rings is 2. The number of rotatable bonds is 5. The van der Waals surface area contributed by atoms with E-state index >= 15 is 0 Å². The molecule has 0 aliphatic heterocycles. The molecule has 0 unspecified atom stereocenters. The highest BCUT2D eigenvalue weighted by atomic mass is 32.1. The summed E-state index contributed by atoms with van der Waals surface area (Å²) in [5, 5.41) is 6.17. The van der Waals surface area contributed by atoms with Gasteiger partial charge in [0.15, 0.2) is 5.13 Å². The summed E-state index contributed by atoms with van der Waals surface area (Å²) >= 11 is 1.57. The first-order valence-corrected chi connectivity index (χ1v) is 7.94. The lowest BCUT2D eigenvalue weighted by Crippen LogP contribution is -1.93. The molecule has 3 aromatic rings. The molecule has 0 aliphatic rings. The first-order chi connectivity index (χ1) is 10.7. The van der Waals surface area contributed by atoms with Gasteiger partial charge in [-0.1, -0.05) is 12.1 Å². The minimum atomic E-state index is 0.669. The van der Waals surface area contributed by atoms with Crippen LogP contribution in [0.15, 0.2) is 53.9 Å². The lowest BCUT2D eigenvalue weighted by molar-refractivity contribution is 0.340. The molecule has 0 fully saturated rings. The monoisotopic (exact) mass is 311 g/mol. The second kappa shape index (κ2) is 6.49. The number of nitrogens with one attached hydrogen (secondary N) is 1. The maximum absolute atomic E-state index is 5.81. The van der Waals surface area contributed by atoms with Crippen LogP contribution in [-0.2, 0) is 0 Å². The molecule has 5 heteroatoms. The Morgan fingerprint density at radius 1 is 1.18 bits per heavy atom. The maximum atomic E-state index is 5.81. The average molecular weight is 311 g/mol. The SMILES string of the molecule is CCOc1ccc(Nc2nc(-c3cccc(N)c3)cs2)cc1. The lowest BCUT2D eigenvalue weighted by atomic mass is 10.1. The van der Waals surface area contributed by atoms with Gasteiger partial charge in [-0.3, -0.25) is 0 Å². The van der Waals surface area contributed by atoms with Crippen molar-refractivity contribution in [1.82, 2.24) is 4.98 Å². The molecule has 3 N–H and O–H groups in total. The van der Waals surface area contributed by atoms with Gasteiger partial charge >= 0.3 is 0 Å². The van der Waals surface area contributed by atoms with E-state index in [1.54, 1.807) is 11.3 Å². The van der Waals surface area contributed by atoms with Crippen LogP contribution in [-0.4, -0.2) is 11.6 Å². The van der Waals surface area contributed by atoms with Crippen molar-refractivity contribution in [2.75, 3.05) is 17.7 Å². The Morgan fingerprint density at radius 3 is 2.73 bits per heavy atom. The van der Waals surface area contributed by atoms with E-state index in [2.05, 4.69) is 10.3 Å². The van der Waals surface area contributed by atoms with Crippen LogP contribution in [0.3, 0.4) is 0 Å². The number of hydrogen-bond acceptors (Lipinski definition) is 5. The van der Waals surface area contributed by atoms with E-state index in [0.717, 1.165) is 33.5 Å². The van der Waals surface area contributed by atoms with Gasteiger partial charge in [-0.15, -0.1) is 11.3 Å². The fourth-order valence-corrected chi connectivity index (χ4v) is 2.83. The molecule has 0 radical (unpaired) electrons. The zero-order chi connectivity index (χ0) is 15.4. The number of hydrogen-bond donors (Lipinski definition) is 2. The van der Waals surface area contributed by atoms with E-state index in [4.69, 9.17) is 10.5 Å². The molecule has 1 heterocycles. The minimum absolute atomic E-state index is 0.669. The number of nitrogens with zero attached hydrogens (tertiary/aromatic N) is 1. The zero-order valence-electron chi connectivity index (χ0n) is 12.2. The van der Waals surface area contributed by atoms with Crippen molar-refractivity contribution in [3.05, 3.63) is 53.9 Å². The third-order valence-electron chi connectivity index (χ3n) is 3.10. The molecule has 0 amide bonds. The van der Waals surface area contributed by atoms with Crippen LogP contribution in [0.2, 0.25) is 0 Å². The van der Waals surface area contributed by atoms with Gasteiger partial charge in [-0.05, 0) is 43.3 Å². The number of thiazole rings is 1. The second-order valence-corrected chi connectivity index (χ2v) is 5.60. The molecule has 3 rings (SSSR count). The summed E-state index contributed by atoms with van der Waals surface area (Å²) < 4.78 is 5.43. The average Bonchev–Trinajstić information content (AvgIpc) is 2.98. The predicted octanol–water partition coefficient (Wildman–Crippen LogP) is 4.53. The zero-order valence-corrected chi connectivity index (χ0v) is 13.1. The van der Waals surface area contributed by atoms with Gasteiger partial charge in [-0.25, -0.2) is 4.98 Å². The van der Waals surface area contributed by atoms with Gasteiger partial charge in [0, 0.05) is 22.3 Å². The van der Waals surface area contributed by atoms with Crippen LogP contribution in [0.25, 0.3) is 11.3 Å². The molecule has 112 valence electrons. The van der Waals surface area contributed by atoms with E-state index in [1.165, 1.54) is 0 Å². The Labute approximate surface area is 133 Å². The van der Waals surface area contributed by atoms with Crippen molar-refractivity contribution < 1.29 is 4.74 Å². The smallest absolute Gasteiger partial charge is 0.187 e. The van der Waals surface area contributed by atoms with Crippen molar-refractivity contribution in [2.24, 2.45) is 0 Å². The highest BCUT2D eigenvalue weighted by Gasteiger charge is 2.05. The summed E-state index contributed by atoms with van der Waals surface area (Å²) in [4.78, 5) is 4.60. The number of aromatic nitrogens is 1. The molecule has 0 saturated heterocycles. The van der Waals surface area contributed by atoms with Crippen LogP contribution in [0.4, 0.5) is 16.5 Å². The lowest BCUT2D eigenvalue weighted by Gasteiger charge is -2.05. The summed E-state index contributed by atoms with van der Waals surface area (Å²) in [5.74, 6) is 0.868. The topological polar surface area (TPSA) is 60.2 Å². The van der Waals surface area contributed by atoms with Gasteiger partial charge < -0.3 is 15.8 Å². The first kappa shape index (κ1) is 14.4. The summed E-state index contributed by atoms with van der Waals surface area (Å²) in [5.41, 5.74) is 9.48. The van der Waals surface area contributed by atoms with E-state index in [-0.39, 0.29) is 0 Å².